The van der Waals surface area contributed by atoms with E-state index in [1.807, 2.05) is 19.9 Å². The average molecular weight is 311 g/mol. The van der Waals surface area contributed by atoms with Gasteiger partial charge in [0.1, 0.15) is 5.75 Å². The number of rotatable bonds is 3. The molecule has 0 aliphatic carbocycles. The highest BCUT2D eigenvalue weighted by Crippen LogP contribution is 2.35. The molecule has 0 spiro atoms. The Morgan fingerprint density at radius 3 is 2.67 bits per heavy atom. The fraction of sp³-hybridized carbons (Fsp3) is 0.538. The van der Waals surface area contributed by atoms with Crippen LogP contribution >= 0.6 is 35.6 Å². The van der Waals surface area contributed by atoms with Crippen LogP contribution in [0.4, 0.5) is 0 Å². The molecule has 1 heterocycles. The Balaban J connectivity index is 0.00000162. The summed E-state index contributed by atoms with van der Waals surface area (Å²) in [5.74, 6) is 1.33. The molecule has 1 saturated heterocycles. The van der Waals surface area contributed by atoms with Gasteiger partial charge in [0, 0.05) is 17.5 Å². The van der Waals surface area contributed by atoms with Gasteiger partial charge in [-0.3, -0.25) is 0 Å². The van der Waals surface area contributed by atoms with Crippen LogP contribution in [-0.4, -0.2) is 19.7 Å². The van der Waals surface area contributed by atoms with E-state index in [0.717, 1.165) is 35.0 Å². The van der Waals surface area contributed by atoms with Crippen LogP contribution in [0.3, 0.4) is 0 Å². The first-order valence-corrected chi connectivity index (χ1v) is 6.64. The lowest BCUT2D eigenvalue weighted by Crippen LogP contribution is -2.15. The number of halogens is 3. The lowest BCUT2D eigenvalue weighted by atomic mass is 10.1. The third-order valence-corrected chi connectivity index (χ3v) is 4.26. The summed E-state index contributed by atoms with van der Waals surface area (Å²) >= 11 is 12.4. The van der Waals surface area contributed by atoms with Crippen molar-refractivity contribution in [3.63, 3.8) is 0 Å². The fourth-order valence-electron chi connectivity index (χ4n) is 2.07. The Hall–Kier alpha value is -0.150. The molecule has 0 amide bonds. The van der Waals surface area contributed by atoms with Gasteiger partial charge in [-0.15, -0.1) is 12.4 Å². The molecule has 1 unspecified atom stereocenters. The molecule has 2 rings (SSSR count). The number of hydrogen-bond acceptors (Lipinski definition) is 2. The smallest absolute Gasteiger partial charge is 0.138 e. The lowest BCUT2D eigenvalue weighted by molar-refractivity contribution is 0.260. The fourth-order valence-corrected chi connectivity index (χ4v) is 2.47. The van der Waals surface area contributed by atoms with Crippen molar-refractivity contribution in [1.82, 2.24) is 5.32 Å². The monoisotopic (exact) mass is 309 g/mol. The summed E-state index contributed by atoms with van der Waals surface area (Å²) in [6, 6.07) is 1.92. The zero-order valence-electron chi connectivity index (χ0n) is 10.6. The minimum Gasteiger partial charge on any atom is -0.492 e. The molecule has 5 heteroatoms. The van der Waals surface area contributed by atoms with Gasteiger partial charge in [-0.25, -0.2) is 0 Å². The minimum atomic E-state index is 0. The van der Waals surface area contributed by atoms with Crippen molar-refractivity contribution >= 4 is 35.6 Å². The van der Waals surface area contributed by atoms with Crippen molar-refractivity contribution in [3.8, 4) is 5.75 Å². The van der Waals surface area contributed by atoms with Crippen LogP contribution in [0.15, 0.2) is 6.07 Å². The third kappa shape index (κ3) is 3.45. The molecule has 102 valence electrons. The Labute approximate surface area is 124 Å². The zero-order valence-corrected chi connectivity index (χ0v) is 12.9. The van der Waals surface area contributed by atoms with Crippen LogP contribution in [0.5, 0.6) is 5.75 Å². The molecular formula is C13H18Cl3NO. The van der Waals surface area contributed by atoms with Gasteiger partial charge in [0.2, 0.25) is 0 Å². The normalized spacial score (nSPS) is 18.6. The van der Waals surface area contributed by atoms with Gasteiger partial charge in [0.05, 0.1) is 11.6 Å². The van der Waals surface area contributed by atoms with Crippen LogP contribution in [-0.2, 0) is 0 Å². The molecule has 1 aromatic rings. The molecule has 0 radical (unpaired) electrons. The quantitative estimate of drug-likeness (QED) is 0.910. The van der Waals surface area contributed by atoms with E-state index in [-0.39, 0.29) is 12.4 Å². The highest BCUT2D eigenvalue weighted by atomic mass is 35.5. The molecule has 1 aromatic carbocycles. The molecule has 0 bridgehead atoms. The number of benzene rings is 1. The van der Waals surface area contributed by atoms with Crippen molar-refractivity contribution in [2.24, 2.45) is 5.92 Å². The maximum absolute atomic E-state index is 6.23. The molecule has 1 aliphatic rings. The predicted molar refractivity (Wildman–Crippen MR) is 79.7 cm³/mol. The van der Waals surface area contributed by atoms with Crippen molar-refractivity contribution in [1.29, 1.82) is 0 Å². The summed E-state index contributed by atoms with van der Waals surface area (Å²) in [5, 5.41) is 4.68. The Morgan fingerprint density at radius 1 is 1.33 bits per heavy atom. The summed E-state index contributed by atoms with van der Waals surface area (Å²) < 4.78 is 5.81. The maximum Gasteiger partial charge on any atom is 0.138 e. The maximum atomic E-state index is 6.23. The molecule has 0 saturated carbocycles. The van der Waals surface area contributed by atoms with Crippen molar-refractivity contribution in [2.75, 3.05) is 19.7 Å². The van der Waals surface area contributed by atoms with Gasteiger partial charge in [0.15, 0.2) is 0 Å². The number of aryl methyl sites for hydroxylation is 1. The lowest BCUT2D eigenvalue weighted by Gasteiger charge is -2.15. The van der Waals surface area contributed by atoms with E-state index in [1.54, 1.807) is 0 Å². The third-order valence-electron chi connectivity index (χ3n) is 3.21. The Kier molecular flexibility index (Phi) is 6.06. The predicted octanol–water partition coefficient (Wildman–Crippen LogP) is 4.02. The summed E-state index contributed by atoms with van der Waals surface area (Å²) in [6.45, 7) is 6.72. The van der Waals surface area contributed by atoms with E-state index >= 15 is 0 Å². The van der Waals surface area contributed by atoms with E-state index in [1.165, 1.54) is 6.42 Å². The topological polar surface area (TPSA) is 21.3 Å². The van der Waals surface area contributed by atoms with E-state index in [9.17, 15) is 0 Å². The highest BCUT2D eigenvalue weighted by Gasteiger charge is 2.17. The first-order chi connectivity index (χ1) is 8.09. The molecule has 1 aliphatic heterocycles. The van der Waals surface area contributed by atoms with Crippen molar-refractivity contribution in [3.05, 3.63) is 27.2 Å². The van der Waals surface area contributed by atoms with Gasteiger partial charge >= 0.3 is 0 Å². The zero-order chi connectivity index (χ0) is 12.4. The van der Waals surface area contributed by atoms with Gasteiger partial charge in [-0.2, -0.15) is 0 Å². The summed E-state index contributed by atoms with van der Waals surface area (Å²) in [4.78, 5) is 0. The van der Waals surface area contributed by atoms with Crippen molar-refractivity contribution in [2.45, 2.75) is 20.3 Å². The first kappa shape index (κ1) is 15.9. The second-order valence-corrected chi connectivity index (χ2v) is 5.37. The molecule has 1 N–H and O–H groups in total. The van der Waals surface area contributed by atoms with Gasteiger partial charge in [-0.05, 0) is 44.0 Å². The second kappa shape index (κ2) is 6.85. The van der Waals surface area contributed by atoms with Crippen LogP contribution in [0.2, 0.25) is 10.0 Å². The van der Waals surface area contributed by atoms with E-state index < -0.39 is 0 Å². The van der Waals surface area contributed by atoms with E-state index in [4.69, 9.17) is 27.9 Å². The number of hydrogen-bond donors (Lipinski definition) is 1. The summed E-state index contributed by atoms with van der Waals surface area (Å²) in [6.07, 6.45) is 1.17. The Bertz CT molecular complexity index is 417. The van der Waals surface area contributed by atoms with Crippen LogP contribution < -0.4 is 10.1 Å². The average Bonchev–Trinajstić information content (AvgIpc) is 2.82. The number of ether oxygens (including phenoxy) is 1. The van der Waals surface area contributed by atoms with Gasteiger partial charge < -0.3 is 10.1 Å². The van der Waals surface area contributed by atoms with E-state index in [0.29, 0.717) is 17.5 Å². The molecule has 0 aromatic heterocycles. The van der Waals surface area contributed by atoms with Crippen LogP contribution in [0, 0.1) is 19.8 Å². The minimum absolute atomic E-state index is 0. The SMILES string of the molecule is Cc1cc(OCC2CCNC2)c(Cl)c(C)c1Cl.Cl. The first-order valence-electron chi connectivity index (χ1n) is 5.88. The summed E-state index contributed by atoms with van der Waals surface area (Å²) in [7, 11) is 0. The van der Waals surface area contributed by atoms with E-state index in [2.05, 4.69) is 5.32 Å². The highest BCUT2D eigenvalue weighted by molar-refractivity contribution is 6.37. The van der Waals surface area contributed by atoms with Gasteiger partial charge in [0.25, 0.3) is 0 Å². The van der Waals surface area contributed by atoms with Crippen molar-refractivity contribution < 1.29 is 4.74 Å². The van der Waals surface area contributed by atoms with Crippen LogP contribution in [0.1, 0.15) is 17.5 Å². The number of nitrogens with one attached hydrogen (secondary N) is 1. The molecule has 1 fully saturated rings. The largest absolute Gasteiger partial charge is 0.492 e. The Morgan fingerprint density at radius 2 is 2.06 bits per heavy atom. The molecular weight excluding hydrogens is 293 g/mol. The standard InChI is InChI=1S/C13H17Cl2NO.ClH/c1-8-5-11(13(15)9(2)12(8)14)17-7-10-3-4-16-6-10;/h5,10,16H,3-4,6-7H2,1-2H3;1H. The van der Waals surface area contributed by atoms with Crippen LogP contribution in [0.25, 0.3) is 0 Å². The summed E-state index contributed by atoms with van der Waals surface area (Å²) in [5.41, 5.74) is 1.90. The molecule has 2 nitrogen and oxygen atoms in total. The van der Waals surface area contributed by atoms with Gasteiger partial charge in [-0.1, -0.05) is 23.2 Å². The molecule has 1 atom stereocenters. The molecule has 18 heavy (non-hydrogen) atoms. The second-order valence-electron chi connectivity index (χ2n) is 4.61.